The Bertz CT molecular complexity index is 1070. The predicted octanol–water partition coefficient (Wildman–Crippen LogP) is 6.58. The summed E-state index contributed by atoms with van der Waals surface area (Å²) >= 11 is 2.94. The largest absolute Gasteiger partial charge is 0.444 e. The molecule has 0 aliphatic carbocycles. The Morgan fingerprint density at radius 3 is 2.68 bits per heavy atom. The van der Waals surface area contributed by atoms with Crippen molar-refractivity contribution in [3.63, 3.8) is 0 Å². The van der Waals surface area contributed by atoms with Crippen LogP contribution in [0.4, 0.5) is 9.52 Å². The van der Waals surface area contributed by atoms with Crippen LogP contribution in [-0.2, 0) is 21.6 Å². The van der Waals surface area contributed by atoms with E-state index in [0.717, 1.165) is 15.5 Å². The summed E-state index contributed by atoms with van der Waals surface area (Å²) in [7, 11) is 0. The number of amides is 1. The molecule has 8 heteroatoms. The number of nitrogens with zero attached hydrogens (tertiary/aromatic N) is 2. The second-order valence-corrected chi connectivity index (χ2v) is 10.9. The number of anilines is 1. The smallest absolute Gasteiger partial charge is 0.250 e. The lowest BCUT2D eigenvalue weighted by Gasteiger charge is -2.14. The lowest BCUT2D eigenvalue weighted by molar-refractivity contribution is -0.111. The third kappa shape index (κ3) is 6.77. The number of benzene rings is 1. The molecule has 0 atom stereocenters. The second kappa shape index (κ2) is 9.36. The van der Waals surface area contributed by atoms with Crippen molar-refractivity contribution in [1.82, 2.24) is 9.97 Å². The van der Waals surface area contributed by atoms with Crippen molar-refractivity contribution < 1.29 is 13.6 Å². The van der Waals surface area contributed by atoms with Crippen LogP contribution in [0.15, 0.2) is 51.4 Å². The number of hydrogen-bond acceptors (Lipinski definition) is 6. The zero-order chi connectivity index (χ0) is 22.6. The van der Waals surface area contributed by atoms with Gasteiger partial charge in [0.25, 0.3) is 0 Å². The summed E-state index contributed by atoms with van der Waals surface area (Å²) in [4.78, 5) is 20.8. The Morgan fingerprint density at radius 2 is 2.00 bits per heavy atom. The summed E-state index contributed by atoms with van der Waals surface area (Å²) in [6.45, 7) is 9.25. The first kappa shape index (κ1) is 23.2. The SMILES string of the molecule is CC(C)(C)c1cnc(CSc2cnc(NC(=O)C=Cc3cccc(C(C)(C)F)c3)s2)o1. The molecule has 0 aliphatic rings. The summed E-state index contributed by atoms with van der Waals surface area (Å²) in [5.74, 6) is 1.81. The van der Waals surface area contributed by atoms with Crippen LogP contribution in [0, 0.1) is 0 Å². The summed E-state index contributed by atoms with van der Waals surface area (Å²) < 4.78 is 20.8. The Labute approximate surface area is 190 Å². The number of carbonyl (C=O) groups excluding carboxylic acids is 1. The van der Waals surface area contributed by atoms with Gasteiger partial charge in [-0.25, -0.2) is 14.4 Å². The van der Waals surface area contributed by atoms with Crippen molar-refractivity contribution in [2.24, 2.45) is 0 Å². The fraction of sp³-hybridized carbons (Fsp3) is 0.348. The molecule has 0 spiro atoms. The molecular formula is C23H26FN3O2S2. The molecule has 0 bridgehead atoms. The molecule has 0 radical (unpaired) electrons. The molecule has 31 heavy (non-hydrogen) atoms. The Balaban J connectivity index is 1.54. The van der Waals surface area contributed by atoms with E-state index < -0.39 is 5.67 Å². The van der Waals surface area contributed by atoms with Crippen molar-refractivity contribution in [1.29, 1.82) is 0 Å². The normalized spacial score (nSPS) is 12.5. The second-order valence-electron chi connectivity index (χ2n) is 8.56. The van der Waals surface area contributed by atoms with Crippen LogP contribution in [0.3, 0.4) is 0 Å². The minimum Gasteiger partial charge on any atom is -0.444 e. The molecule has 0 fully saturated rings. The quantitative estimate of drug-likeness (QED) is 0.319. The van der Waals surface area contributed by atoms with E-state index in [0.29, 0.717) is 22.3 Å². The van der Waals surface area contributed by atoms with Crippen LogP contribution in [-0.4, -0.2) is 15.9 Å². The lowest BCUT2D eigenvalue weighted by atomic mass is 9.94. The highest BCUT2D eigenvalue weighted by Crippen LogP contribution is 2.32. The zero-order valence-electron chi connectivity index (χ0n) is 18.2. The van der Waals surface area contributed by atoms with E-state index in [1.807, 2.05) is 6.07 Å². The molecule has 2 heterocycles. The van der Waals surface area contributed by atoms with Gasteiger partial charge in [-0.2, -0.15) is 0 Å². The third-order valence-electron chi connectivity index (χ3n) is 4.35. The molecule has 1 aromatic carbocycles. The number of halogens is 1. The first-order chi connectivity index (χ1) is 14.5. The van der Waals surface area contributed by atoms with Gasteiger partial charge in [0.05, 0.1) is 22.4 Å². The lowest BCUT2D eigenvalue weighted by Crippen LogP contribution is -2.09. The molecule has 3 aromatic rings. The van der Waals surface area contributed by atoms with Gasteiger partial charge >= 0.3 is 0 Å². The fourth-order valence-electron chi connectivity index (χ4n) is 2.57. The van der Waals surface area contributed by atoms with Gasteiger partial charge in [0.2, 0.25) is 11.8 Å². The van der Waals surface area contributed by atoms with Gasteiger partial charge in [0, 0.05) is 11.5 Å². The van der Waals surface area contributed by atoms with Gasteiger partial charge < -0.3 is 4.42 Å². The molecule has 0 unspecified atom stereocenters. The molecule has 2 aromatic heterocycles. The topological polar surface area (TPSA) is 68.0 Å². The van der Waals surface area contributed by atoms with Crippen molar-refractivity contribution in [2.75, 3.05) is 5.32 Å². The van der Waals surface area contributed by atoms with Crippen LogP contribution in [0.25, 0.3) is 6.08 Å². The van der Waals surface area contributed by atoms with E-state index in [-0.39, 0.29) is 11.3 Å². The molecule has 1 N–H and O–H groups in total. The molecule has 3 rings (SSSR count). The number of thioether (sulfide) groups is 1. The van der Waals surface area contributed by atoms with E-state index in [2.05, 4.69) is 36.1 Å². The predicted molar refractivity (Wildman–Crippen MR) is 125 cm³/mol. The van der Waals surface area contributed by atoms with Crippen molar-refractivity contribution >= 4 is 40.2 Å². The van der Waals surface area contributed by atoms with E-state index in [1.165, 1.54) is 31.3 Å². The summed E-state index contributed by atoms with van der Waals surface area (Å²) in [6.07, 6.45) is 6.56. The zero-order valence-corrected chi connectivity index (χ0v) is 19.9. The highest BCUT2D eigenvalue weighted by Gasteiger charge is 2.20. The first-order valence-corrected chi connectivity index (χ1v) is 11.6. The Morgan fingerprint density at radius 1 is 1.23 bits per heavy atom. The highest BCUT2D eigenvalue weighted by atomic mass is 32.2. The van der Waals surface area contributed by atoms with E-state index in [4.69, 9.17) is 4.42 Å². The monoisotopic (exact) mass is 459 g/mol. The van der Waals surface area contributed by atoms with E-state index >= 15 is 0 Å². The van der Waals surface area contributed by atoms with Gasteiger partial charge in [-0.15, -0.1) is 11.8 Å². The van der Waals surface area contributed by atoms with E-state index in [1.54, 1.807) is 48.4 Å². The molecule has 0 aliphatic heterocycles. The maximum atomic E-state index is 14.1. The molecule has 5 nitrogen and oxygen atoms in total. The minimum atomic E-state index is -1.43. The fourth-order valence-corrected chi connectivity index (χ4v) is 4.30. The number of nitrogens with one attached hydrogen (secondary N) is 1. The highest BCUT2D eigenvalue weighted by molar-refractivity contribution is 8.00. The van der Waals surface area contributed by atoms with Crippen LogP contribution >= 0.6 is 23.1 Å². The number of oxazole rings is 1. The van der Waals surface area contributed by atoms with Gasteiger partial charge in [-0.05, 0) is 37.1 Å². The number of alkyl halides is 1. The van der Waals surface area contributed by atoms with Gasteiger partial charge in [0.1, 0.15) is 11.4 Å². The molecule has 0 saturated carbocycles. The average Bonchev–Trinajstić information content (AvgIpc) is 3.33. The van der Waals surface area contributed by atoms with Crippen LogP contribution in [0.1, 0.15) is 57.4 Å². The Hall–Kier alpha value is -2.45. The standard InChI is InChI=1S/C23H26FN3O2S2/c1-22(2,3)17-12-25-19(29-17)14-30-20-13-26-21(31-20)27-18(28)10-9-15-7-6-8-16(11-15)23(4,5)24/h6-13H,14H2,1-5H3,(H,26,27,28). The van der Waals surface area contributed by atoms with Crippen molar-refractivity contribution in [3.8, 4) is 0 Å². The van der Waals surface area contributed by atoms with Crippen molar-refractivity contribution in [2.45, 2.75) is 55.7 Å². The average molecular weight is 460 g/mol. The Kier molecular flexibility index (Phi) is 7.01. The number of thiazole rings is 1. The number of aromatic nitrogens is 2. The minimum absolute atomic E-state index is 0.0746. The molecule has 1 amide bonds. The summed E-state index contributed by atoms with van der Waals surface area (Å²) in [5, 5.41) is 3.27. The molecular weight excluding hydrogens is 433 g/mol. The maximum absolute atomic E-state index is 14.1. The van der Waals surface area contributed by atoms with Crippen LogP contribution < -0.4 is 5.32 Å². The molecule has 0 saturated heterocycles. The van der Waals surface area contributed by atoms with Gasteiger partial charge in [0.15, 0.2) is 5.13 Å². The maximum Gasteiger partial charge on any atom is 0.250 e. The summed E-state index contributed by atoms with van der Waals surface area (Å²) in [6, 6.07) is 7.06. The summed E-state index contributed by atoms with van der Waals surface area (Å²) in [5.41, 5.74) is -0.179. The number of rotatable bonds is 7. The number of hydrogen-bond donors (Lipinski definition) is 1. The van der Waals surface area contributed by atoms with Crippen molar-refractivity contribution in [3.05, 3.63) is 65.5 Å². The van der Waals surface area contributed by atoms with Crippen LogP contribution in [0.2, 0.25) is 0 Å². The van der Waals surface area contributed by atoms with Crippen LogP contribution in [0.5, 0.6) is 0 Å². The molecule has 164 valence electrons. The third-order valence-corrected chi connectivity index (χ3v) is 6.44. The number of carbonyl (C=O) groups is 1. The van der Waals surface area contributed by atoms with E-state index in [9.17, 15) is 9.18 Å². The van der Waals surface area contributed by atoms with Gasteiger partial charge in [-0.3, -0.25) is 10.1 Å². The van der Waals surface area contributed by atoms with Gasteiger partial charge in [-0.1, -0.05) is 50.3 Å². The first-order valence-electron chi connectivity index (χ1n) is 9.83.